The number of nitrogens with one attached hydrogen (secondary N) is 1. The van der Waals surface area contributed by atoms with Crippen LogP contribution in [0, 0.1) is 0 Å². The van der Waals surface area contributed by atoms with Gasteiger partial charge in [-0.1, -0.05) is 25.1 Å². The molecule has 0 saturated carbocycles. The molecule has 2 nitrogen and oxygen atoms in total. The molecule has 1 aromatic carbocycles. The number of benzene rings is 1. The molecule has 0 fully saturated rings. The lowest BCUT2D eigenvalue weighted by Gasteiger charge is -2.05. The highest BCUT2D eigenvalue weighted by atomic mass is 32.2. The molecule has 0 bridgehead atoms. The smallest absolute Gasteiger partial charge is 0.0661 e. The van der Waals surface area contributed by atoms with Gasteiger partial charge in [0.2, 0.25) is 0 Å². The van der Waals surface area contributed by atoms with Gasteiger partial charge in [-0.15, -0.1) is 11.8 Å². The zero-order valence-electron chi connectivity index (χ0n) is 8.03. The summed E-state index contributed by atoms with van der Waals surface area (Å²) in [5.41, 5.74) is 2.32. The van der Waals surface area contributed by atoms with Gasteiger partial charge in [0.15, 0.2) is 0 Å². The number of hydrogen-bond donors (Lipinski definition) is 1. The van der Waals surface area contributed by atoms with E-state index in [-0.39, 0.29) is 0 Å². The van der Waals surface area contributed by atoms with Crippen molar-refractivity contribution in [3.05, 3.63) is 36.5 Å². The van der Waals surface area contributed by atoms with Crippen molar-refractivity contribution < 1.29 is 0 Å². The molecule has 0 atom stereocenters. The lowest BCUT2D eigenvalue weighted by atomic mass is 10.1. The highest BCUT2D eigenvalue weighted by Crippen LogP contribution is 2.29. The average molecular weight is 204 g/mol. The SMILES string of the molecule is CCSc1ccccc1-c1ccn[nH]1. The number of hydrogen-bond acceptors (Lipinski definition) is 2. The van der Waals surface area contributed by atoms with Crippen molar-refractivity contribution >= 4 is 11.8 Å². The molecule has 0 amide bonds. The van der Waals surface area contributed by atoms with Crippen LogP contribution < -0.4 is 0 Å². The predicted octanol–water partition coefficient (Wildman–Crippen LogP) is 3.19. The first-order valence-electron chi connectivity index (χ1n) is 4.63. The van der Waals surface area contributed by atoms with Gasteiger partial charge in [0.1, 0.15) is 0 Å². The second kappa shape index (κ2) is 4.33. The molecule has 2 aromatic rings. The molecule has 0 saturated heterocycles. The summed E-state index contributed by atoms with van der Waals surface area (Å²) in [5, 5.41) is 6.95. The Kier molecular flexibility index (Phi) is 2.89. The summed E-state index contributed by atoms with van der Waals surface area (Å²) in [6, 6.07) is 10.4. The van der Waals surface area contributed by atoms with E-state index in [4.69, 9.17) is 0 Å². The fourth-order valence-corrected chi connectivity index (χ4v) is 2.20. The predicted molar refractivity (Wildman–Crippen MR) is 60.4 cm³/mol. The lowest BCUT2D eigenvalue weighted by molar-refractivity contribution is 1.09. The van der Waals surface area contributed by atoms with Crippen LogP contribution in [0.1, 0.15) is 6.92 Å². The van der Waals surface area contributed by atoms with Gasteiger partial charge in [-0.25, -0.2) is 0 Å². The third-order valence-corrected chi connectivity index (χ3v) is 2.93. The van der Waals surface area contributed by atoms with Crippen molar-refractivity contribution in [2.75, 3.05) is 5.75 Å². The van der Waals surface area contributed by atoms with Gasteiger partial charge >= 0.3 is 0 Å². The van der Waals surface area contributed by atoms with Crippen molar-refractivity contribution in [3.8, 4) is 11.3 Å². The van der Waals surface area contributed by atoms with E-state index in [0.717, 1.165) is 11.4 Å². The summed E-state index contributed by atoms with van der Waals surface area (Å²) in [4.78, 5) is 1.30. The van der Waals surface area contributed by atoms with Crippen LogP contribution in [0.4, 0.5) is 0 Å². The average Bonchev–Trinajstić information content (AvgIpc) is 2.72. The molecule has 2 rings (SSSR count). The Bertz CT molecular complexity index is 395. The van der Waals surface area contributed by atoms with Crippen molar-refractivity contribution in [3.63, 3.8) is 0 Å². The number of H-pyrrole nitrogens is 1. The van der Waals surface area contributed by atoms with Gasteiger partial charge in [-0.2, -0.15) is 5.10 Å². The van der Waals surface area contributed by atoms with E-state index in [1.165, 1.54) is 10.5 Å². The van der Waals surface area contributed by atoms with Crippen LogP contribution in [0.5, 0.6) is 0 Å². The first-order chi connectivity index (χ1) is 6.92. The highest BCUT2D eigenvalue weighted by Gasteiger charge is 2.04. The van der Waals surface area contributed by atoms with Crippen molar-refractivity contribution in [2.45, 2.75) is 11.8 Å². The van der Waals surface area contributed by atoms with Crippen molar-refractivity contribution in [1.82, 2.24) is 10.2 Å². The molecule has 0 aliphatic carbocycles. The van der Waals surface area contributed by atoms with Crippen LogP contribution in [-0.2, 0) is 0 Å². The topological polar surface area (TPSA) is 28.7 Å². The molecule has 3 heteroatoms. The summed E-state index contributed by atoms with van der Waals surface area (Å²) >= 11 is 1.85. The first-order valence-corrected chi connectivity index (χ1v) is 5.62. The van der Waals surface area contributed by atoms with E-state index in [2.05, 4.69) is 41.4 Å². The number of thioether (sulfide) groups is 1. The number of aromatic nitrogens is 2. The summed E-state index contributed by atoms with van der Waals surface area (Å²) < 4.78 is 0. The van der Waals surface area contributed by atoms with Gasteiger partial charge in [-0.3, -0.25) is 5.10 Å². The molecule has 1 N–H and O–H groups in total. The van der Waals surface area contributed by atoms with E-state index < -0.39 is 0 Å². The van der Waals surface area contributed by atoms with E-state index in [1.807, 2.05) is 17.8 Å². The standard InChI is InChI=1S/C11H12N2S/c1-2-14-11-6-4-3-5-9(11)10-7-8-12-13-10/h3-8H,2H2,1H3,(H,12,13). The summed E-state index contributed by atoms with van der Waals surface area (Å²) in [5.74, 6) is 1.09. The normalized spacial score (nSPS) is 10.4. The van der Waals surface area contributed by atoms with E-state index in [0.29, 0.717) is 0 Å². The number of aromatic amines is 1. The molecule has 0 unspecified atom stereocenters. The molecular weight excluding hydrogens is 192 g/mol. The molecule has 0 radical (unpaired) electrons. The van der Waals surface area contributed by atoms with E-state index in [1.54, 1.807) is 6.20 Å². The van der Waals surface area contributed by atoms with Gasteiger partial charge in [-0.05, 0) is 17.9 Å². The van der Waals surface area contributed by atoms with Crippen LogP contribution in [0.3, 0.4) is 0 Å². The minimum absolute atomic E-state index is 1.08. The fraction of sp³-hybridized carbons (Fsp3) is 0.182. The maximum Gasteiger partial charge on any atom is 0.0661 e. The Labute approximate surface area is 87.7 Å². The number of nitrogens with zero attached hydrogens (tertiary/aromatic N) is 1. The molecule has 0 aliphatic heterocycles. The van der Waals surface area contributed by atoms with Gasteiger partial charge in [0.25, 0.3) is 0 Å². The minimum atomic E-state index is 1.08. The van der Waals surface area contributed by atoms with Crippen LogP contribution >= 0.6 is 11.8 Å². The van der Waals surface area contributed by atoms with E-state index in [9.17, 15) is 0 Å². The highest BCUT2D eigenvalue weighted by molar-refractivity contribution is 7.99. The lowest BCUT2D eigenvalue weighted by Crippen LogP contribution is -1.82. The summed E-state index contributed by atoms with van der Waals surface area (Å²) in [7, 11) is 0. The van der Waals surface area contributed by atoms with Crippen LogP contribution in [0.25, 0.3) is 11.3 Å². The fourth-order valence-electron chi connectivity index (χ4n) is 1.38. The third kappa shape index (κ3) is 1.82. The first kappa shape index (κ1) is 9.34. The van der Waals surface area contributed by atoms with E-state index >= 15 is 0 Å². The molecule has 1 heterocycles. The molecular formula is C11H12N2S. The second-order valence-corrected chi connectivity index (χ2v) is 4.21. The Hall–Kier alpha value is -1.22. The quantitative estimate of drug-likeness (QED) is 0.778. The summed E-state index contributed by atoms with van der Waals surface area (Å²) in [6.45, 7) is 2.16. The zero-order chi connectivity index (χ0) is 9.80. The monoisotopic (exact) mass is 204 g/mol. The van der Waals surface area contributed by atoms with Gasteiger partial charge in [0.05, 0.1) is 5.69 Å². The molecule has 72 valence electrons. The number of rotatable bonds is 3. The van der Waals surface area contributed by atoms with Crippen LogP contribution in [0.2, 0.25) is 0 Å². The maximum atomic E-state index is 3.97. The third-order valence-electron chi connectivity index (χ3n) is 1.98. The van der Waals surface area contributed by atoms with Gasteiger partial charge in [0, 0.05) is 16.7 Å². The molecule has 14 heavy (non-hydrogen) atoms. The maximum absolute atomic E-state index is 3.97. The van der Waals surface area contributed by atoms with Crippen molar-refractivity contribution in [1.29, 1.82) is 0 Å². The van der Waals surface area contributed by atoms with Gasteiger partial charge < -0.3 is 0 Å². The summed E-state index contributed by atoms with van der Waals surface area (Å²) in [6.07, 6.45) is 1.78. The Morgan fingerprint density at radius 2 is 2.14 bits per heavy atom. The second-order valence-electron chi connectivity index (χ2n) is 2.90. The molecule has 1 aromatic heterocycles. The largest absolute Gasteiger partial charge is 0.278 e. The zero-order valence-corrected chi connectivity index (χ0v) is 8.84. The van der Waals surface area contributed by atoms with Crippen molar-refractivity contribution in [2.24, 2.45) is 0 Å². The Balaban J connectivity index is 2.42. The minimum Gasteiger partial charge on any atom is -0.278 e. The van der Waals surface area contributed by atoms with Crippen LogP contribution in [-0.4, -0.2) is 16.0 Å². The Morgan fingerprint density at radius 3 is 2.86 bits per heavy atom. The molecule has 0 spiro atoms. The molecule has 0 aliphatic rings. The van der Waals surface area contributed by atoms with Crippen LogP contribution in [0.15, 0.2) is 41.4 Å². The Morgan fingerprint density at radius 1 is 1.29 bits per heavy atom.